The van der Waals surface area contributed by atoms with E-state index in [1.54, 1.807) is 13.8 Å². The molecular weight excluding hydrogens is 278 g/mol. The van der Waals surface area contributed by atoms with Gasteiger partial charge in [0.15, 0.2) is 0 Å². The number of sulfonamides is 1. The van der Waals surface area contributed by atoms with Crippen molar-refractivity contribution in [3.63, 3.8) is 0 Å². The second-order valence-electron chi connectivity index (χ2n) is 3.70. The van der Waals surface area contributed by atoms with Crippen LogP contribution in [0.25, 0.3) is 0 Å². The Morgan fingerprint density at radius 3 is 2.44 bits per heavy atom. The van der Waals surface area contributed by atoms with Crippen LogP contribution in [0, 0.1) is 0 Å². The first-order valence-corrected chi connectivity index (χ1v) is 7.23. The third-order valence-electron chi connectivity index (χ3n) is 2.41. The minimum atomic E-state index is -3.62. The molecule has 1 rings (SSSR count). The van der Waals surface area contributed by atoms with Gasteiger partial charge >= 0.3 is 0 Å². The highest BCUT2D eigenvalue weighted by atomic mass is 35.5. The minimum Gasteiger partial charge on any atom is -0.383 e. The second-order valence-corrected chi connectivity index (χ2v) is 5.93. The van der Waals surface area contributed by atoms with Crippen molar-refractivity contribution in [1.29, 1.82) is 0 Å². The molecule has 1 atom stereocenters. The number of hydrogen-bond acceptors (Lipinski definition) is 5. The lowest BCUT2D eigenvalue weighted by molar-refractivity contribution is 0.142. The van der Waals surface area contributed by atoms with Gasteiger partial charge in [0.1, 0.15) is 4.90 Å². The number of ether oxygens (including phenoxy) is 1. The molecule has 0 radical (unpaired) electrons. The van der Waals surface area contributed by atoms with Crippen molar-refractivity contribution in [2.45, 2.75) is 24.8 Å². The molecular formula is C10H16ClN3O3S. The fourth-order valence-corrected chi connectivity index (χ4v) is 3.23. The lowest BCUT2D eigenvalue weighted by atomic mass is 10.4. The molecule has 1 aromatic rings. The maximum atomic E-state index is 12.3. The van der Waals surface area contributed by atoms with Crippen LogP contribution in [0.3, 0.4) is 0 Å². The Balaban J connectivity index is 3.06. The standard InChI is InChI=1S/C10H16ClN3O3S/c1-4-14(8(2)7-17-3)18(15,16)9-5-12-10(11)13-6-9/h5-6,8H,4,7H2,1-3H3. The summed E-state index contributed by atoms with van der Waals surface area (Å²) in [7, 11) is -2.09. The molecule has 0 aliphatic heterocycles. The SMILES string of the molecule is CCN(C(C)COC)S(=O)(=O)c1cnc(Cl)nc1. The number of halogens is 1. The molecule has 0 saturated heterocycles. The van der Waals surface area contributed by atoms with Crippen LogP contribution in [-0.4, -0.2) is 49.0 Å². The molecule has 0 N–H and O–H groups in total. The van der Waals surface area contributed by atoms with Crippen molar-refractivity contribution < 1.29 is 13.2 Å². The lowest BCUT2D eigenvalue weighted by Crippen LogP contribution is -2.40. The van der Waals surface area contributed by atoms with Crippen molar-refractivity contribution in [3.05, 3.63) is 17.7 Å². The topological polar surface area (TPSA) is 72.4 Å². The molecule has 0 amide bonds. The molecule has 0 saturated carbocycles. The highest BCUT2D eigenvalue weighted by Gasteiger charge is 2.28. The molecule has 102 valence electrons. The zero-order chi connectivity index (χ0) is 13.8. The van der Waals surface area contributed by atoms with Gasteiger partial charge in [-0.25, -0.2) is 18.4 Å². The van der Waals surface area contributed by atoms with Crippen molar-refractivity contribution in [2.24, 2.45) is 0 Å². The molecule has 0 aliphatic rings. The number of aromatic nitrogens is 2. The summed E-state index contributed by atoms with van der Waals surface area (Å²) in [4.78, 5) is 7.39. The van der Waals surface area contributed by atoms with E-state index in [4.69, 9.17) is 16.3 Å². The third-order valence-corrected chi connectivity index (χ3v) is 4.65. The number of nitrogens with zero attached hydrogens (tertiary/aromatic N) is 3. The Morgan fingerprint density at radius 1 is 1.44 bits per heavy atom. The Morgan fingerprint density at radius 2 is 2.00 bits per heavy atom. The van der Waals surface area contributed by atoms with E-state index in [1.165, 1.54) is 23.8 Å². The van der Waals surface area contributed by atoms with E-state index in [2.05, 4.69) is 9.97 Å². The van der Waals surface area contributed by atoms with Crippen molar-refractivity contribution in [3.8, 4) is 0 Å². The predicted octanol–water partition coefficient (Wildman–Crippen LogP) is 1.18. The fourth-order valence-electron chi connectivity index (χ4n) is 1.61. The Kier molecular flexibility index (Phi) is 5.46. The van der Waals surface area contributed by atoms with Crippen LogP contribution in [0.5, 0.6) is 0 Å². The smallest absolute Gasteiger partial charge is 0.246 e. The first kappa shape index (κ1) is 15.3. The summed E-state index contributed by atoms with van der Waals surface area (Å²) in [6, 6.07) is -0.263. The lowest BCUT2D eigenvalue weighted by Gasteiger charge is -2.26. The van der Waals surface area contributed by atoms with Crippen LogP contribution >= 0.6 is 11.6 Å². The molecule has 1 unspecified atom stereocenters. The van der Waals surface area contributed by atoms with Crippen molar-refractivity contribution >= 4 is 21.6 Å². The monoisotopic (exact) mass is 293 g/mol. The van der Waals surface area contributed by atoms with Gasteiger partial charge in [-0.1, -0.05) is 6.92 Å². The highest BCUT2D eigenvalue weighted by molar-refractivity contribution is 7.89. The zero-order valence-corrected chi connectivity index (χ0v) is 12.1. The van der Waals surface area contributed by atoms with E-state index in [0.29, 0.717) is 13.2 Å². The molecule has 0 aromatic carbocycles. The summed E-state index contributed by atoms with van der Waals surface area (Å²) in [5.74, 6) is 0. The van der Waals surface area contributed by atoms with Gasteiger partial charge in [-0.2, -0.15) is 4.31 Å². The zero-order valence-electron chi connectivity index (χ0n) is 10.5. The summed E-state index contributed by atoms with van der Waals surface area (Å²) in [6.45, 7) is 4.21. The summed E-state index contributed by atoms with van der Waals surface area (Å²) < 4.78 is 31.0. The Hall–Kier alpha value is -0.760. The first-order valence-electron chi connectivity index (χ1n) is 5.41. The average molecular weight is 294 g/mol. The first-order chi connectivity index (χ1) is 8.43. The molecule has 0 bridgehead atoms. The fraction of sp³-hybridized carbons (Fsp3) is 0.600. The van der Waals surface area contributed by atoms with E-state index in [1.807, 2.05) is 0 Å². The van der Waals surface area contributed by atoms with Crippen LogP contribution in [0.1, 0.15) is 13.8 Å². The quantitative estimate of drug-likeness (QED) is 0.736. The molecule has 1 aromatic heterocycles. The Bertz CT molecular complexity index is 478. The van der Waals surface area contributed by atoms with Crippen molar-refractivity contribution in [1.82, 2.24) is 14.3 Å². The van der Waals surface area contributed by atoms with Crippen LogP contribution in [0.2, 0.25) is 5.28 Å². The van der Waals surface area contributed by atoms with E-state index >= 15 is 0 Å². The van der Waals surface area contributed by atoms with Crippen LogP contribution in [-0.2, 0) is 14.8 Å². The number of likely N-dealkylation sites (N-methyl/N-ethyl adjacent to an activating group) is 1. The van der Waals surface area contributed by atoms with E-state index in [-0.39, 0.29) is 16.2 Å². The average Bonchev–Trinajstić information content (AvgIpc) is 2.30. The largest absolute Gasteiger partial charge is 0.383 e. The summed E-state index contributed by atoms with van der Waals surface area (Å²) in [5.41, 5.74) is 0. The highest BCUT2D eigenvalue weighted by Crippen LogP contribution is 2.17. The molecule has 1 heterocycles. The van der Waals surface area contributed by atoms with E-state index < -0.39 is 10.0 Å². The Labute approximate surface area is 112 Å². The van der Waals surface area contributed by atoms with Gasteiger partial charge in [-0.05, 0) is 18.5 Å². The van der Waals surface area contributed by atoms with Crippen LogP contribution in [0.4, 0.5) is 0 Å². The number of hydrogen-bond donors (Lipinski definition) is 0. The van der Waals surface area contributed by atoms with E-state index in [9.17, 15) is 8.42 Å². The number of methoxy groups -OCH3 is 1. The molecule has 8 heteroatoms. The van der Waals surface area contributed by atoms with Gasteiger partial charge in [0.2, 0.25) is 15.3 Å². The summed E-state index contributed by atoms with van der Waals surface area (Å²) >= 11 is 5.54. The molecule has 0 spiro atoms. The summed E-state index contributed by atoms with van der Waals surface area (Å²) in [6.07, 6.45) is 2.40. The van der Waals surface area contributed by atoms with Crippen molar-refractivity contribution in [2.75, 3.05) is 20.3 Å². The van der Waals surface area contributed by atoms with Gasteiger partial charge in [0.25, 0.3) is 0 Å². The predicted molar refractivity (Wildman–Crippen MR) is 67.9 cm³/mol. The third kappa shape index (κ3) is 3.38. The minimum absolute atomic E-state index is 0.0157. The molecule has 0 aliphatic carbocycles. The van der Waals surface area contributed by atoms with Gasteiger partial charge in [-0.3, -0.25) is 0 Å². The molecule has 18 heavy (non-hydrogen) atoms. The number of rotatable bonds is 6. The van der Waals surface area contributed by atoms with Gasteiger partial charge in [0, 0.05) is 19.7 Å². The second kappa shape index (κ2) is 6.42. The maximum absolute atomic E-state index is 12.3. The maximum Gasteiger partial charge on any atom is 0.246 e. The molecule has 6 nitrogen and oxygen atoms in total. The molecule has 0 fully saturated rings. The van der Waals surface area contributed by atoms with Gasteiger partial charge < -0.3 is 4.74 Å². The van der Waals surface area contributed by atoms with Gasteiger partial charge in [0.05, 0.1) is 19.0 Å². The summed E-state index contributed by atoms with van der Waals surface area (Å²) in [5, 5.41) is 0.0157. The van der Waals surface area contributed by atoms with E-state index in [0.717, 1.165) is 0 Å². The van der Waals surface area contributed by atoms with Crippen LogP contribution < -0.4 is 0 Å². The van der Waals surface area contributed by atoms with Gasteiger partial charge in [-0.15, -0.1) is 0 Å². The van der Waals surface area contributed by atoms with Crippen LogP contribution in [0.15, 0.2) is 17.3 Å². The normalized spacial score (nSPS) is 13.8.